The highest BCUT2D eigenvalue weighted by Gasteiger charge is 2.29. The molecule has 2 amide bonds. The molecule has 30 heavy (non-hydrogen) atoms. The van der Waals surface area contributed by atoms with Crippen LogP contribution in [-0.2, 0) is 4.79 Å². The van der Waals surface area contributed by atoms with Crippen LogP contribution in [0.2, 0.25) is 0 Å². The summed E-state index contributed by atoms with van der Waals surface area (Å²) in [5.41, 5.74) is 2.58. The van der Waals surface area contributed by atoms with E-state index in [0.717, 1.165) is 44.2 Å². The minimum absolute atomic E-state index is 0.0302. The molecule has 2 saturated carbocycles. The summed E-state index contributed by atoms with van der Waals surface area (Å²) < 4.78 is 1.49. The topological polar surface area (TPSA) is 96.3 Å². The zero-order valence-corrected chi connectivity index (χ0v) is 17.6. The maximum Gasteiger partial charge on any atom is 0.342 e. The molecule has 2 aliphatic rings. The number of nitrogens with zero attached hydrogens (tertiary/aromatic N) is 2. The number of amides is 2. The normalized spacial score (nSPS) is 16.8. The SMILES string of the molecule is CC(C)CC(=O)Nc1ccc(-c2cc(C3CCCC3)n(C(=O)NC3CC3)n2)c(O)c1. The average Bonchev–Trinajstić information content (AvgIpc) is 3.16. The number of anilines is 1. The number of carbonyl (C=O) groups is 2. The summed E-state index contributed by atoms with van der Waals surface area (Å²) in [6.07, 6.45) is 6.88. The summed E-state index contributed by atoms with van der Waals surface area (Å²) in [4.78, 5) is 24.7. The molecule has 0 unspecified atom stereocenters. The zero-order valence-electron chi connectivity index (χ0n) is 17.6. The fourth-order valence-electron chi connectivity index (χ4n) is 4.07. The Bertz CT molecular complexity index is 940. The predicted molar refractivity (Wildman–Crippen MR) is 116 cm³/mol. The van der Waals surface area contributed by atoms with Gasteiger partial charge in [0.15, 0.2) is 0 Å². The van der Waals surface area contributed by atoms with Gasteiger partial charge in [-0.2, -0.15) is 9.78 Å². The van der Waals surface area contributed by atoms with Crippen molar-refractivity contribution in [3.63, 3.8) is 0 Å². The molecule has 0 atom stereocenters. The van der Waals surface area contributed by atoms with Crippen LogP contribution in [0.4, 0.5) is 10.5 Å². The lowest BCUT2D eigenvalue weighted by molar-refractivity contribution is -0.116. The quantitative estimate of drug-likeness (QED) is 0.647. The summed E-state index contributed by atoms with van der Waals surface area (Å²) in [5, 5.41) is 21.0. The number of carbonyl (C=O) groups excluding carboxylic acids is 2. The second kappa shape index (κ2) is 8.50. The molecule has 0 saturated heterocycles. The van der Waals surface area contributed by atoms with E-state index in [9.17, 15) is 14.7 Å². The van der Waals surface area contributed by atoms with E-state index in [1.807, 2.05) is 19.9 Å². The van der Waals surface area contributed by atoms with Crippen molar-refractivity contribution in [1.82, 2.24) is 15.1 Å². The van der Waals surface area contributed by atoms with Crippen LogP contribution in [0.5, 0.6) is 5.75 Å². The molecular weight excluding hydrogens is 380 g/mol. The Morgan fingerprint density at radius 3 is 2.53 bits per heavy atom. The minimum Gasteiger partial charge on any atom is -0.507 e. The van der Waals surface area contributed by atoms with Crippen LogP contribution in [-0.4, -0.2) is 32.9 Å². The Morgan fingerprint density at radius 2 is 1.90 bits per heavy atom. The summed E-state index contributed by atoms with van der Waals surface area (Å²) in [7, 11) is 0. The van der Waals surface area contributed by atoms with E-state index in [1.54, 1.807) is 12.1 Å². The number of benzene rings is 1. The zero-order chi connectivity index (χ0) is 21.3. The standard InChI is InChI=1S/C23H30N4O3/c1-14(2)11-22(29)24-17-9-10-18(21(28)12-17)19-13-20(15-5-3-4-6-15)27(26-19)23(30)25-16-7-8-16/h9-10,12-16,28H,3-8,11H2,1-2H3,(H,24,29)(H,25,30). The predicted octanol–water partition coefficient (Wildman–Crippen LogP) is 4.62. The summed E-state index contributed by atoms with van der Waals surface area (Å²) in [5.74, 6) is 0.523. The van der Waals surface area contributed by atoms with Gasteiger partial charge in [-0.25, -0.2) is 4.79 Å². The van der Waals surface area contributed by atoms with E-state index in [2.05, 4.69) is 15.7 Å². The van der Waals surface area contributed by atoms with Crippen LogP contribution in [0.25, 0.3) is 11.3 Å². The molecule has 2 fully saturated rings. The highest BCUT2D eigenvalue weighted by atomic mass is 16.3. The number of rotatable bonds is 6. The molecule has 4 rings (SSSR count). The highest BCUT2D eigenvalue weighted by Crippen LogP contribution is 2.38. The van der Waals surface area contributed by atoms with E-state index in [4.69, 9.17) is 0 Å². The number of hydrogen-bond acceptors (Lipinski definition) is 4. The second-order valence-electron chi connectivity index (χ2n) is 8.95. The van der Waals surface area contributed by atoms with Gasteiger partial charge in [0.25, 0.3) is 0 Å². The van der Waals surface area contributed by atoms with Gasteiger partial charge in [-0.15, -0.1) is 0 Å². The van der Waals surface area contributed by atoms with E-state index in [0.29, 0.717) is 29.3 Å². The van der Waals surface area contributed by atoms with Crippen molar-refractivity contribution < 1.29 is 14.7 Å². The second-order valence-corrected chi connectivity index (χ2v) is 8.95. The number of aromatic hydroxyl groups is 1. The molecule has 7 nitrogen and oxygen atoms in total. The molecule has 3 N–H and O–H groups in total. The number of phenolic OH excluding ortho intramolecular Hbond substituents is 1. The van der Waals surface area contributed by atoms with Crippen LogP contribution in [0, 0.1) is 5.92 Å². The summed E-state index contributed by atoms with van der Waals surface area (Å²) >= 11 is 0. The Balaban J connectivity index is 1.59. The van der Waals surface area contributed by atoms with Gasteiger partial charge in [0.2, 0.25) is 5.91 Å². The summed E-state index contributed by atoms with van der Waals surface area (Å²) in [6, 6.07) is 7.02. The number of phenols is 1. The Kier molecular flexibility index (Phi) is 5.79. The lowest BCUT2D eigenvalue weighted by atomic mass is 10.0. The first-order valence-electron chi connectivity index (χ1n) is 10.9. The number of hydrogen-bond donors (Lipinski definition) is 3. The van der Waals surface area contributed by atoms with Crippen LogP contribution in [0.3, 0.4) is 0 Å². The fraction of sp³-hybridized carbons (Fsp3) is 0.522. The Hall–Kier alpha value is -2.83. The molecule has 2 aromatic rings. The van der Waals surface area contributed by atoms with Crippen LogP contribution in [0.1, 0.15) is 70.4 Å². The maximum atomic E-state index is 12.7. The van der Waals surface area contributed by atoms with E-state index in [-0.39, 0.29) is 29.6 Å². The van der Waals surface area contributed by atoms with Gasteiger partial charge in [0.05, 0.1) is 11.4 Å². The van der Waals surface area contributed by atoms with E-state index >= 15 is 0 Å². The minimum atomic E-state index is -0.192. The monoisotopic (exact) mass is 410 g/mol. The van der Waals surface area contributed by atoms with Gasteiger partial charge in [-0.3, -0.25) is 4.79 Å². The molecule has 1 aromatic carbocycles. The molecule has 2 aliphatic carbocycles. The third kappa shape index (κ3) is 4.66. The van der Waals surface area contributed by atoms with Gasteiger partial charge in [-0.1, -0.05) is 26.7 Å². The highest BCUT2D eigenvalue weighted by molar-refractivity contribution is 5.91. The molecule has 0 aliphatic heterocycles. The number of nitrogens with one attached hydrogen (secondary N) is 2. The fourth-order valence-corrected chi connectivity index (χ4v) is 4.07. The molecule has 1 aromatic heterocycles. The van der Waals surface area contributed by atoms with Crippen molar-refractivity contribution in [2.75, 3.05) is 5.32 Å². The largest absolute Gasteiger partial charge is 0.507 e. The van der Waals surface area contributed by atoms with E-state index in [1.165, 1.54) is 10.7 Å². The number of aromatic nitrogens is 2. The first kappa shape index (κ1) is 20.4. The first-order chi connectivity index (χ1) is 14.4. The Morgan fingerprint density at radius 1 is 1.17 bits per heavy atom. The summed E-state index contributed by atoms with van der Waals surface area (Å²) in [6.45, 7) is 3.97. The smallest absolute Gasteiger partial charge is 0.342 e. The molecular formula is C23H30N4O3. The lowest BCUT2D eigenvalue weighted by Gasteiger charge is -2.11. The van der Waals surface area contributed by atoms with E-state index < -0.39 is 0 Å². The third-order valence-electron chi connectivity index (χ3n) is 5.76. The van der Waals surface area contributed by atoms with Crippen LogP contribution >= 0.6 is 0 Å². The molecule has 1 heterocycles. The van der Waals surface area contributed by atoms with Crippen molar-refractivity contribution in [1.29, 1.82) is 0 Å². The van der Waals surface area contributed by atoms with Crippen LogP contribution < -0.4 is 10.6 Å². The average molecular weight is 411 g/mol. The molecule has 7 heteroatoms. The van der Waals surface area contributed by atoms with Crippen LogP contribution in [0.15, 0.2) is 24.3 Å². The Labute approximate surface area is 176 Å². The molecule has 0 spiro atoms. The van der Waals surface area contributed by atoms with Crippen molar-refractivity contribution >= 4 is 17.6 Å². The first-order valence-corrected chi connectivity index (χ1v) is 10.9. The lowest BCUT2D eigenvalue weighted by Crippen LogP contribution is -2.32. The van der Waals surface area contributed by atoms with Gasteiger partial charge < -0.3 is 15.7 Å². The van der Waals surface area contributed by atoms with Gasteiger partial charge in [0, 0.05) is 35.7 Å². The van der Waals surface area contributed by atoms with Crippen molar-refractivity contribution in [2.24, 2.45) is 5.92 Å². The molecule has 160 valence electrons. The maximum absolute atomic E-state index is 12.7. The van der Waals surface area contributed by atoms with Gasteiger partial charge in [-0.05, 0) is 49.8 Å². The third-order valence-corrected chi connectivity index (χ3v) is 5.76. The molecule has 0 radical (unpaired) electrons. The van der Waals surface area contributed by atoms with Crippen molar-refractivity contribution in [2.45, 2.75) is 70.8 Å². The van der Waals surface area contributed by atoms with Gasteiger partial charge >= 0.3 is 6.03 Å². The molecule has 0 bridgehead atoms. The van der Waals surface area contributed by atoms with Crippen molar-refractivity contribution in [3.8, 4) is 17.0 Å². The van der Waals surface area contributed by atoms with Crippen molar-refractivity contribution in [3.05, 3.63) is 30.0 Å². The van der Waals surface area contributed by atoms with Gasteiger partial charge in [0.1, 0.15) is 5.75 Å².